The molecule has 0 aliphatic heterocycles. The monoisotopic (exact) mass is 173 g/mol. The predicted molar refractivity (Wildman–Crippen MR) is 50.2 cm³/mol. The van der Waals surface area contributed by atoms with Crippen molar-refractivity contribution in [1.82, 2.24) is 16.0 Å². The summed E-state index contributed by atoms with van der Waals surface area (Å²) in [5, 5.41) is 8.35. The van der Waals surface area contributed by atoms with Gasteiger partial charge < -0.3 is 16.0 Å². The van der Waals surface area contributed by atoms with Gasteiger partial charge in [-0.25, -0.2) is 4.79 Å². The molecule has 0 fully saturated rings. The quantitative estimate of drug-likeness (QED) is 0.567. The molecule has 0 aliphatic carbocycles. The lowest BCUT2D eigenvalue weighted by atomic mass is 9.94. The number of nitrogens with one attached hydrogen (secondary N) is 3. The number of rotatable bonds is 4. The molecular weight excluding hydrogens is 154 g/mol. The van der Waals surface area contributed by atoms with Gasteiger partial charge in [-0.2, -0.15) is 0 Å². The van der Waals surface area contributed by atoms with Crippen molar-refractivity contribution >= 4 is 6.03 Å². The Kier molecular flexibility index (Phi) is 4.66. The Morgan fingerprint density at radius 1 is 1.25 bits per heavy atom. The van der Waals surface area contributed by atoms with Gasteiger partial charge in [-0.15, -0.1) is 0 Å². The first-order valence-electron chi connectivity index (χ1n) is 4.12. The third kappa shape index (κ3) is 4.96. The van der Waals surface area contributed by atoms with E-state index in [2.05, 4.69) is 29.8 Å². The predicted octanol–water partition coefficient (Wildman–Crippen LogP) is 0.161. The molecule has 0 aromatic heterocycles. The van der Waals surface area contributed by atoms with E-state index in [0.29, 0.717) is 6.54 Å². The summed E-state index contributed by atoms with van der Waals surface area (Å²) in [4.78, 5) is 10.8. The Labute approximate surface area is 74.1 Å². The van der Waals surface area contributed by atoms with Gasteiger partial charge in [0.05, 0.1) is 0 Å². The highest BCUT2D eigenvalue weighted by Crippen LogP contribution is 2.10. The van der Waals surface area contributed by atoms with Crippen molar-refractivity contribution in [3.05, 3.63) is 0 Å². The first-order chi connectivity index (χ1) is 5.52. The molecule has 12 heavy (non-hydrogen) atoms. The molecule has 0 bridgehead atoms. The topological polar surface area (TPSA) is 53.2 Å². The molecule has 3 N–H and O–H groups in total. The van der Waals surface area contributed by atoms with E-state index in [1.54, 1.807) is 7.05 Å². The van der Waals surface area contributed by atoms with Gasteiger partial charge >= 0.3 is 6.03 Å². The molecule has 0 saturated carbocycles. The molecule has 0 aromatic carbocycles. The fourth-order valence-electron chi connectivity index (χ4n) is 0.949. The van der Waals surface area contributed by atoms with Crippen LogP contribution in [0.2, 0.25) is 0 Å². The summed E-state index contributed by atoms with van der Waals surface area (Å²) in [5.74, 6) is 0. The summed E-state index contributed by atoms with van der Waals surface area (Å²) < 4.78 is 0. The smallest absolute Gasteiger partial charge is 0.314 e. The number of carbonyl (C=O) groups excluding carboxylic acids is 1. The molecule has 72 valence electrons. The van der Waals surface area contributed by atoms with Gasteiger partial charge in [0.15, 0.2) is 0 Å². The van der Waals surface area contributed by atoms with Crippen LogP contribution in [0.4, 0.5) is 4.79 Å². The van der Waals surface area contributed by atoms with Crippen LogP contribution in [-0.2, 0) is 0 Å². The zero-order valence-corrected chi connectivity index (χ0v) is 8.32. The van der Waals surface area contributed by atoms with Crippen LogP contribution >= 0.6 is 0 Å². The standard InChI is InChI=1S/C8H19N3O/c1-8(2,5-9-3)6-11-7(12)10-4/h9H,5-6H2,1-4H3,(H2,10,11,12). The van der Waals surface area contributed by atoms with Crippen molar-refractivity contribution in [1.29, 1.82) is 0 Å². The van der Waals surface area contributed by atoms with Gasteiger partial charge in [-0.1, -0.05) is 13.8 Å². The Balaban J connectivity index is 3.67. The molecule has 0 radical (unpaired) electrons. The van der Waals surface area contributed by atoms with Crippen LogP contribution in [0.1, 0.15) is 13.8 Å². The second-order valence-electron chi connectivity index (χ2n) is 3.63. The van der Waals surface area contributed by atoms with E-state index in [-0.39, 0.29) is 11.4 Å². The van der Waals surface area contributed by atoms with Crippen LogP contribution in [0.5, 0.6) is 0 Å². The summed E-state index contributed by atoms with van der Waals surface area (Å²) in [6.45, 7) is 5.75. The number of hydrogen-bond acceptors (Lipinski definition) is 2. The minimum atomic E-state index is -0.126. The normalized spacial score (nSPS) is 11.0. The fourth-order valence-corrected chi connectivity index (χ4v) is 0.949. The van der Waals surface area contributed by atoms with E-state index < -0.39 is 0 Å². The van der Waals surface area contributed by atoms with E-state index in [9.17, 15) is 4.79 Å². The van der Waals surface area contributed by atoms with Crippen molar-refractivity contribution < 1.29 is 4.79 Å². The van der Waals surface area contributed by atoms with Crippen molar-refractivity contribution in [2.75, 3.05) is 27.2 Å². The first kappa shape index (κ1) is 11.2. The second kappa shape index (κ2) is 4.98. The van der Waals surface area contributed by atoms with E-state index >= 15 is 0 Å². The molecule has 0 aliphatic rings. The highest BCUT2D eigenvalue weighted by Gasteiger charge is 2.16. The maximum Gasteiger partial charge on any atom is 0.314 e. The van der Waals surface area contributed by atoms with Crippen LogP contribution in [-0.4, -0.2) is 33.2 Å². The first-order valence-corrected chi connectivity index (χ1v) is 4.12. The lowest BCUT2D eigenvalue weighted by molar-refractivity contribution is 0.235. The molecule has 0 heterocycles. The van der Waals surface area contributed by atoms with Crippen LogP contribution in [0.3, 0.4) is 0 Å². The van der Waals surface area contributed by atoms with Gasteiger partial charge in [-0.05, 0) is 12.5 Å². The minimum absolute atomic E-state index is 0.0985. The van der Waals surface area contributed by atoms with Crippen LogP contribution < -0.4 is 16.0 Å². The highest BCUT2D eigenvalue weighted by atomic mass is 16.2. The summed E-state index contributed by atoms with van der Waals surface area (Å²) in [6, 6.07) is -0.126. The van der Waals surface area contributed by atoms with E-state index in [1.165, 1.54) is 0 Å². The lowest BCUT2D eigenvalue weighted by Crippen LogP contribution is -2.42. The van der Waals surface area contributed by atoms with Crippen molar-refractivity contribution in [2.24, 2.45) is 5.41 Å². The molecule has 0 rings (SSSR count). The number of urea groups is 1. The lowest BCUT2D eigenvalue weighted by Gasteiger charge is -2.24. The van der Waals surface area contributed by atoms with E-state index in [4.69, 9.17) is 0 Å². The van der Waals surface area contributed by atoms with Crippen LogP contribution in [0.15, 0.2) is 0 Å². The molecule has 2 amide bonds. The molecule has 4 nitrogen and oxygen atoms in total. The molecular formula is C8H19N3O. The molecule has 0 saturated heterocycles. The summed E-state index contributed by atoms with van der Waals surface area (Å²) in [7, 11) is 3.52. The Hall–Kier alpha value is -0.770. The molecule has 0 atom stereocenters. The molecule has 4 heteroatoms. The van der Waals surface area contributed by atoms with Crippen molar-refractivity contribution in [3.8, 4) is 0 Å². The van der Waals surface area contributed by atoms with E-state index in [1.807, 2.05) is 7.05 Å². The maximum absolute atomic E-state index is 10.8. The minimum Gasteiger partial charge on any atom is -0.341 e. The van der Waals surface area contributed by atoms with Gasteiger partial charge in [0, 0.05) is 20.1 Å². The van der Waals surface area contributed by atoms with E-state index in [0.717, 1.165) is 6.54 Å². The van der Waals surface area contributed by atoms with Crippen molar-refractivity contribution in [3.63, 3.8) is 0 Å². The summed E-state index contributed by atoms with van der Waals surface area (Å²) >= 11 is 0. The number of carbonyl (C=O) groups is 1. The zero-order valence-electron chi connectivity index (χ0n) is 8.32. The average molecular weight is 173 g/mol. The zero-order chi connectivity index (χ0) is 9.61. The summed E-state index contributed by atoms with van der Waals surface area (Å²) in [5.41, 5.74) is 0.0985. The number of amides is 2. The average Bonchev–Trinajstić information content (AvgIpc) is 2.00. The van der Waals surface area contributed by atoms with Crippen LogP contribution in [0, 0.1) is 5.41 Å². The third-order valence-corrected chi connectivity index (χ3v) is 1.61. The molecule has 0 aromatic rings. The number of hydrogen-bond donors (Lipinski definition) is 3. The summed E-state index contributed by atoms with van der Waals surface area (Å²) in [6.07, 6.45) is 0. The van der Waals surface area contributed by atoms with Crippen molar-refractivity contribution in [2.45, 2.75) is 13.8 Å². The Morgan fingerprint density at radius 2 is 1.83 bits per heavy atom. The third-order valence-electron chi connectivity index (χ3n) is 1.61. The molecule has 0 spiro atoms. The Bertz CT molecular complexity index is 145. The SMILES string of the molecule is CNCC(C)(C)CNC(=O)NC. The van der Waals surface area contributed by atoms with Gasteiger partial charge in [-0.3, -0.25) is 0 Å². The van der Waals surface area contributed by atoms with Crippen LogP contribution in [0.25, 0.3) is 0 Å². The van der Waals surface area contributed by atoms with Gasteiger partial charge in [0.2, 0.25) is 0 Å². The fraction of sp³-hybridized carbons (Fsp3) is 0.875. The second-order valence-corrected chi connectivity index (χ2v) is 3.63. The van der Waals surface area contributed by atoms with Gasteiger partial charge in [0.25, 0.3) is 0 Å². The maximum atomic E-state index is 10.8. The van der Waals surface area contributed by atoms with Gasteiger partial charge in [0.1, 0.15) is 0 Å². The molecule has 0 unspecified atom stereocenters. The Morgan fingerprint density at radius 3 is 2.25 bits per heavy atom. The largest absolute Gasteiger partial charge is 0.341 e. The highest BCUT2D eigenvalue weighted by molar-refractivity contribution is 5.73.